The van der Waals surface area contributed by atoms with Gasteiger partial charge in [-0.05, 0) is 47.7 Å². The fraction of sp³-hybridized carbons (Fsp3) is 0.235. The fourth-order valence-corrected chi connectivity index (χ4v) is 3.65. The zero-order valence-corrected chi connectivity index (χ0v) is 10.8. The van der Waals surface area contributed by atoms with E-state index in [0.717, 1.165) is 12.0 Å². The summed E-state index contributed by atoms with van der Waals surface area (Å²) in [5.41, 5.74) is 5.97. The van der Waals surface area contributed by atoms with Crippen molar-refractivity contribution in [1.82, 2.24) is 5.32 Å². The first-order valence-corrected chi connectivity index (χ1v) is 6.63. The number of hydrogen-bond acceptors (Lipinski definition) is 2. The van der Waals surface area contributed by atoms with E-state index < -0.39 is 0 Å². The van der Waals surface area contributed by atoms with Crippen molar-refractivity contribution in [2.45, 2.75) is 24.9 Å². The van der Waals surface area contributed by atoms with Crippen LogP contribution in [0.1, 0.15) is 40.8 Å². The molecule has 0 radical (unpaired) electrons. The van der Waals surface area contributed by atoms with Gasteiger partial charge in [-0.1, -0.05) is 30.3 Å². The standard InChI is InChI=1S/C17H14N2/c1-17-14-5-3-2-4-13(14)16(19-17)9-12-7-6-11(10-18)8-15(12)17/h2-8,16,19H,9H2,1H3/t16-,17-/m1/s1/i10-1. The third-order valence-electron chi connectivity index (χ3n) is 4.54. The molecule has 2 nitrogen and oxygen atoms in total. The molecule has 0 saturated carbocycles. The first kappa shape index (κ1) is 10.8. The highest BCUT2D eigenvalue weighted by molar-refractivity contribution is 5.56. The molecule has 2 heteroatoms. The summed E-state index contributed by atoms with van der Waals surface area (Å²) in [4.78, 5) is 0. The second-order valence-electron chi connectivity index (χ2n) is 5.60. The molecule has 0 amide bonds. The number of hydrogen-bond donors (Lipinski definition) is 1. The maximum Gasteiger partial charge on any atom is 0.0991 e. The second kappa shape index (κ2) is 3.46. The Morgan fingerprint density at radius 3 is 2.89 bits per heavy atom. The van der Waals surface area contributed by atoms with Gasteiger partial charge in [0, 0.05) is 6.04 Å². The van der Waals surface area contributed by atoms with Crippen LogP contribution in [0.5, 0.6) is 0 Å². The van der Waals surface area contributed by atoms with Crippen molar-refractivity contribution in [1.29, 1.82) is 5.26 Å². The van der Waals surface area contributed by atoms with Crippen molar-refractivity contribution < 1.29 is 0 Å². The number of benzene rings is 2. The van der Waals surface area contributed by atoms with Crippen molar-refractivity contribution in [3.8, 4) is 6.07 Å². The maximum absolute atomic E-state index is 9.12. The molecule has 2 aromatic carbocycles. The molecule has 2 atom stereocenters. The van der Waals surface area contributed by atoms with Gasteiger partial charge >= 0.3 is 0 Å². The maximum atomic E-state index is 9.12. The highest BCUT2D eigenvalue weighted by atomic mass is 15.1. The Bertz CT molecular complexity index is 726. The predicted molar refractivity (Wildman–Crippen MR) is 73.6 cm³/mol. The van der Waals surface area contributed by atoms with E-state index >= 15 is 0 Å². The van der Waals surface area contributed by atoms with Crippen LogP contribution in [0.2, 0.25) is 0 Å². The van der Waals surface area contributed by atoms with Crippen molar-refractivity contribution in [2.75, 3.05) is 0 Å². The molecule has 2 bridgehead atoms. The summed E-state index contributed by atoms with van der Waals surface area (Å²) in [5.74, 6) is 0. The van der Waals surface area contributed by atoms with Crippen LogP contribution in [-0.2, 0) is 12.0 Å². The van der Waals surface area contributed by atoms with Crippen LogP contribution in [0.15, 0.2) is 42.5 Å². The third kappa shape index (κ3) is 1.28. The Morgan fingerprint density at radius 2 is 2.05 bits per heavy atom. The van der Waals surface area contributed by atoms with Crippen molar-refractivity contribution in [3.63, 3.8) is 0 Å². The molecule has 4 rings (SSSR count). The lowest BCUT2D eigenvalue weighted by atomic mass is 9.80. The monoisotopic (exact) mass is 245 g/mol. The molecule has 19 heavy (non-hydrogen) atoms. The summed E-state index contributed by atoms with van der Waals surface area (Å²) >= 11 is 0. The first-order chi connectivity index (χ1) is 9.22. The average Bonchev–Trinajstić information content (AvgIpc) is 2.69. The molecule has 0 aliphatic carbocycles. The van der Waals surface area contributed by atoms with E-state index in [-0.39, 0.29) is 5.54 Å². The van der Waals surface area contributed by atoms with Crippen LogP contribution in [0.4, 0.5) is 0 Å². The number of nitriles is 1. The Balaban J connectivity index is 2.02. The first-order valence-electron chi connectivity index (χ1n) is 6.63. The molecule has 0 spiro atoms. The van der Waals surface area contributed by atoms with Gasteiger partial charge in [0.05, 0.1) is 17.2 Å². The molecular weight excluding hydrogens is 231 g/mol. The summed E-state index contributed by atoms with van der Waals surface area (Å²) in [5, 5.41) is 12.8. The number of nitrogens with one attached hydrogen (secondary N) is 1. The second-order valence-corrected chi connectivity index (χ2v) is 5.60. The summed E-state index contributed by atoms with van der Waals surface area (Å²) < 4.78 is 0. The topological polar surface area (TPSA) is 35.8 Å². The van der Waals surface area contributed by atoms with Gasteiger partial charge in [0.2, 0.25) is 0 Å². The van der Waals surface area contributed by atoms with Gasteiger partial charge in [-0.2, -0.15) is 5.26 Å². The molecular formula is C17H14N2. The van der Waals surface area contributed by atoms with E-state index in [1.54, 1.807) is 0 Å². The summed E-state index contributed by atoms with van der Waals surface area (Å²) in [6.45, 7) is 2.23. The molecule has 2 aromatic rings. The fourth-order valence-electron chi connectivity index (χ4n) is 3.65. The van der Waals surface area contributed by atoms with Crippen LogP contribution in [0, 0.1) is 11.3 Å². The number of rotatable bonds is 0. The van der Waals surface area contributed by atoms with Gasteiger partial charge in [-0.25, -0.2) is 0 Å². The van der Waals surface area contributed by atoms with Gasteiger partial charge < -0.3 is 0 Å². The zero-order chi connectivity index (χ0) is 13.0. The van der Waals surface area contributed by atoms with Crippen LogP contribution >= 0.6 is 0 Å². The van der Waals surface area contributed by atoms with Crippen molar-refractivity contribution in [2.24, 2.45) is 0 Å². The lowest BCUT2D eigenvalue weighted by Gasteiger charge is -2.34. The molecule has 0 unspecified atom stereocenters. The van der Waals surface area contributed by atoms with Crippen molar-refractivity contribution >= 4 is 0 Å². The van der Waals surface area contributed by atoms with E-state index in [2.05, 4.69) is 48.6 Å². The van der Waals surface area contributed by atoms with E-state index in [0.29, 0.717) is 6.04 Å². The molecule has 2 aliphatic rings. The third-order valence-corrected chi connectivity index (χ3v) is 4.54. The van der Waals surface area contributed by atoms with E-state index in [1.165, 1.54) is 22.3 Å². The Labute approximate surface area is 112 Å². The SMILES string of the molecule is C[C@]12N[C@H](Cc3ccc([11C]#N)cc31)c1ccccc12. The summed E-state index contributed by atoms with van der Waals surface area (Å²) in [7, 11) is 0. The summed E-state index contributed by atoms with van der Waals surface area (Å²) in [6.07, 6.45) is 1.01. The highest BCUT2D eigenvalue weighted by Gasteiger charge is 2.45. The molecule has 1 N–H and O–H groups in total. The van der Waals surface area contributed by atoms with Gasteiger partial charge in [0.1, 0.15) is 0 Å². The molecule has 0 saturated heterocycles. The van der Waals surface area contributed by atoms with Crippen LogP contribution < -0.4 is 5.32 Å². The highest BCUT2D eigenvalue weighted by Crippen LogP contribution is 2.48. The van der Waals surface area contributed by atoms with Gasteiger partial charge in [0.25, 0.3) is 0 Å². The Morgan fingerprint density at radius 1 is 1.21 bits per heavy atom. The molecule has 92 valence electrons. The number of nitrogens with zero attached hydrogens (tertiary/aromatic N) is 1. The molecule has 0 aromatic heterocycles. The van der Waals surface area contributed by atoms with E-state index in [1.807, 2.05) is 12.1 Å². The molecule has 2 heterocycles. The minimum Gasteiger partial charge on any atom is -0.297 e. The zero-order valence-electron chi connectivity index (χ0n) is 10.8. The Kier molecular flexibility index (Phi) is 1.97. The largest absolute Gasteiger partial charge is 0.297 e. The van der Waals surface area contributed by atoms with Crippen LogP contribution in [-0.4, -0.2) is 0 Å². The van der Waals surface area contributed by atoms with Gasteiger partial charge in [-0.15, -0.1) is 0 Å². The van der Waals surface area contributed by atoms with Gasteiger partial charge in [0.15, 0.2) is 0 Å². The Hall–Kier alpha value is -2.11. The normalized spacial score (nSPS) is 26.4. The number of fused-ring (bicyclic) bond motifs is 7. The molecule has 0 fully saturated rings. The van der Waals surface area contributed by atoms with E-state index in [4.69, 9.17) is 5.26 Å². The van der Waals surface area contributed by atoms with Gasteiger partial charge in [-0.3, -0.25) is 5.32 Å². The minimum atomic E-state index is -0.151. The lowest BCUT2D eigenvalue weighted by Crippen LogP contribution is -2.41. The minimum absolute atomic E-state index is 0.151. The smallest absolute Gasteiger partial charge is 0.0991 e. The van der Waals surface area contributed by atoms with Crippen LogP contribution in [0.25, 0.3) is 0 Å². The average molecular weight is 245 g/mol. The van der Waals surface area contributed by atoms with Crippen molar-refractivity contribution in [3.05, 3.63) is 70.3 Å². The predicted octanol–water partition coefficient (Wildman–Crippen LogP) is 3.02. The lowest BCUT2D eigenvalue weighted by molar-refractivity contribution is 0.388. The quantitative estimate of drug-likeness (QED) is 0.774. The van der Waals surface area contributed by atoms with E-state index in [9.17, 15) is 0 Å². The summed E-state index contributed by atoms with van der Waals surface area (Å²) in [6, 6.07) is 17.4. The van der Waals surface area contributed by atoms with Crippen LogP contribution in [0.3, 0.4) is 0 Å². The molecule has 2 aliphatic heterocycles.